The van der Waals surface area contributed by atoms with Gasteiger partial charge in [0.15, 0.2) is 0 Å². The number of nitrogens with two attached hydrogens (primary N) is 1. The van der Waals surface area contributed by atoms with E-state index in [1.807, 2.05) is 54.6 Å². The average Bonchev–Trinajstić information content (AvgIpc) is 2.78. The predicted octanol–water partition coefficient (Wildman–Crippen LogP) is 2.27. The van der Waals surface area contributed by atoms with Gasteiger partial charge in [0.2, 0.25) is 11.9 Å². The topological polar surface area (TPSA) is 72.9 Å². The molecule has 3 rings (SSSR count). The van der Waals surface area contributed by atoms with Crippen LogP contribution in [0.2, 0.25) is 0 Å². The summed E-state index contributed by atoms with van der Waals surface area (Å²) < 4.78 is 1.78. The standard InChI is InChI=1S/C15H14N4O/c16-14(20)10-19-13-9-5-4-8-12(13)18-15(19)17-11-6-2-1-3-7-11/h1-9H,10H2,(H2,16,20)(H,17,18). The van der Waals surface area contributed by atoms with Crippen LogP contribution >= 0.6 is 0 Å². The zero-order valence-corrected chi connectivity index (χ0v) is 10.8. The Hall–Kier alpha value is -2.82. The van der Waals surface area contributed by atoms with Gasteiger partial charge in [-0.1, -0.05) is 30.3 Å². The second-order valence-electron chi connectivity index (χ2n) is 4.47. The Morgan fingerprint density at radius 1 is 1.10 bits per heavy atom. The summed E-state index contributed by atoms with van der Waals surface area (Å²) in [6.07, 6.45) is 0. The summed E-state index contributed by atoms with van der Waals surface area (Å²) >= 11 is 0. The van der Waals surface area contributed by atoms with Crippen LogP contribution in [0.25, 0.3) is 11.0 Å². The summed E-state index contributed by atoms with van der Waals surface area (Å²) in [5.41, 5.74) is 7.94. The molecule has 1 heterocycles. The van der Waals surface area contributed by atoms with E-state index >= 15 is 0 Å². The number of carbonyl (C=O) groups excluding carboxylic acids is 1. The minimum Gasteiger partial charge on any atom is -0.368 e. The quantitative estimate of drug-likeness (QED) is 0.760. The number of rotatable bonds is 4. The molecule has 20 heavy (non-hydrogen) atoms. The number of hydrogen-bond donors (Lipinski definition) is 2. The first kappa shape index (κ1) is 12.2. The molecule has 2 aromatic carbocycles. The highest BCUT2D eigenvalue weighted by molar-refractivity contribution is 5.83. The largest absolute Gasteiger partial charge is 0.368 e. The normalized spacial score (nSPS) is 10.6. The van der Waals surface area contributed by atoms with Crippen molar-refractivity contribution in [3.05, 3.63) is 54.6 Å². The number of carbonyl (C=O) groups is 1. The molecule has 0 fully saturated rings. The van der Waals surface area contributed by atoms with Crippen molar-refractivity contribution in [2.75, 3.05) is 5.32 Å². The number of anilines is 2. The van der Waals surface area contributed by atoms with E-state index in [1.54, 1.807) is 4.57 Å². The molecule has 0 aliphatic rings. The number of nitrogens with zero attached hydrogens (tertiary/aromatic N) is 2. The highest BCUT2D eigenvalue weighted by Crippen LogP contribution is 2.22. The Morgan fingerprint density at radius 2 is 1.80 bits per heavy atom. The smallest absolute Gasteiger partial charge is 0.237 e. The maximum absolute atomic E-state index is 11.3. The van der Waals surface area contributed by atoms with E-state index in [-0.39, 0.29) is 6.54 Å². The fraction of sp³-hybridized carbons (Fsp3) is 0.0667. The van der Waals surface area contributed by atoms with Crippen molar-refractivity contribution in [1.29, 1.82) is 0 Å². The number of amides is 1. The maximum Gasteiger partial charge on any atom is 0.237 e. The van der Waals surface area contributed by atoms with Crippen molar-refractivity contribution in [2.24, 2.45) is 5.73 Å². The molecular formula is C15H14N4O. The van der Waals surface area contributed by atoms with Crippen molar-refractivity contribution in [3.63, 3.8) is 0 Å². The molecule has 3 aromatic rings. The molecule has 0 bridgehead atoms. The van der Waals surface area contributed by atoms with Gasteiger partial charge in [-0.05, 0) is 24.3 Å². The first-order chi connectivity index (χ1) is 9.74. The van der Waals surface area contributed by atoms with E-state index in [4.69, 9.17) is 5.73 Å². The Morgan fingerprint density at radius 3 is 2.55 bits per heavy atom. The Kier molecular flexibility index (Phi) is 3.09. The van der Waals surface area contributed by atoms with Crippen molar-refractivity contribution < 1.29 is 4.79 Å². The summed E-state index contributed by atoms with van der Waals surface area (Å²) in [4.78, 5) is 15.8. The Labute approximate surface area is 116 Å². The van der Waals surface area contributed by atoms with E-state index < -0.39 is 5.91 Å². The van der Waals surface area contributed by atoms with Crippen LogP contribution in [-0.4, -0.2) is 15.5 Å². The Bertz CT molecular complexity index is 749. The highest BCUT2D eigenvalue weighted by atomic mass is 16.1. The minimum atomic E-state index is -0.399. The van der Waals surface area contributed by atoms with Gasteiger partial charge in [0.1, 0.15) is 6.54 Å². The molecule has 0 saturated heterocycles. The third kappa shape index (κ3) is 2.33. The number of hydrogen-bond acceptors (Lipinski definition) is 3. The molecule has 100 valence electrons. The van der Waals surface area contributed by atoms with Crippen LogP contribution in [0.1, 0.15) is 0 Å². The van der Waals surface area contributed by atoms with Crippen LogP contribution in [0, 0.1) is 0 Å². The lowest BCUT2D eigenvalue weighted by Gasteiger charge is -2.08. The summed E-state index contributed by atoms with van der Waals surface area (Å²) in [6, 6.07) is 17.3. The van der Waals surface area contributed by atoms with Crippen molar-refractivity contribution in [3.8, 4) is 0 Å². The van der Waals surface area contributed by atoms with Crippen LogP contribution in [0.3, 0.4) is 0 Å². The number of primary amides is 1. The lowest BCUT2D eigenvalue weighted by molar-refractivity contribution is -0.118. The van der Waals surface area contributed by atoms with Gasteiger partial charge in [0, 0.05) is 5.69 Å². The molecule has 0 atom stereocenters. The van der Waals surface area contributed by atoms with Crippen molar-refractivity contribution in [2.45, 2.75) is 6.54 Å². The lowest BCUT2D eigenvalue weighted by atomic mass is 10.3. The summed E-state index contributed by atoms with van der Waals surface area (Å²) in [6.45, 7) is 0.0929. The second-order valence-corrected chi connectivity index (χ2v) is 4.47. The average molecular weight is 266 g/mol. The number of fused-ring (bicyclic) bond motifs is 1. The molecule has 1 amide bonds. The van der Waals surface area contributed by atoms with E-state index in [2.05, 4.69) is 10.3 Å². The van der Waals surface area contributed by atoms with Crippen LogP contribution in [0.5, 0.6) is 0 Å². The van der Waals surface area contributed by atoms with Gasteiger partial charge < -0.3 is 15.6 Å². The number of nitrogens with one attached hydrogen (secondary N) is 1. The van der Waals surface area contributed by atoms with Gasteiger partial charge in [-0.2, -0.15) is 0 Å². The highest BCUT2D eigenvalue weighted by Gasteiger charge is 2.12. The molecule has 0 unspecified atom stereocenters. The van der Waals surface area contributed by atoms with Crippen LogP contribution in [0.4, 0.5) is 11.6 Å². The van der Waals surface area contributed by atoms with E-state index in [0.29, 0.717) is 5.95 Å². The molecule has 0 spiro atoms. The second kappa shape index (κ2) is 5.05. The molecule has 0 saturated carbocycles. The number of para-hydroxylation sites is 3. The van der Waals surface area contributed by atoms with Gasteiger partial charge in [-0.3, -0.25) is 4.79 Å². The molecule has 0 radical (unpaired) electrons. The maximum atomic E-state index is 11.3. The van der Waals surface area contributed by atoms with Crippen molar-refractivity contribution in [1.82, 2.24) is 9.55 Å². The van der Waals surface area contributed by atoms with Gasteiger partial charge in [-0.25, -0.2) is 4.98 Å². The molecular weight excluding hydrogens is 252 g/mol. The predicted molar refractivity (Wildman–Crippen MR) is 78.7 cm³/mol. The number of benzene rings is 2. The Balaban J connectivity index is 2.07. The molecule has 0 aliphatic carbocycles. The fourth-order valence-corrected chi connectivity index (χ4v) is 2.14. The summed E-state index contributed by atoms with van der Waals surface area (Å²) in [7, 11) is 0. The van der Waals surface area contributed by atoms with E-state index in [9.17, 15) is 4.79 Å². The SMILES string of the molecule is NC(=O)Cn1c(Nc2ccccc2)nc2ccccc21. The third-order valence-corrected chi connectivity index (χ3v) is 3.00. The van der Waals surface area contributed by atoms with Gasteiger partial charge >= 0.3 is 0 Å². The van der Waals surface area contributed by atoms with E-state index in [1.165, 1.54) is 0 Å². The minimum absolute atomic E-state index is 0.0929. The van der Waals surface area contributed by atoms with Crippen LogP contribution < -0.4 is 11.1 Å². The van der Waals surface area contributed by atoms with Gasteiger partial charge in [0.05, 0.1) is 11.0 Å². The van der Waals surface area contributed by atoms with Gasteiger partial charge in [-0.15, -0.1) is 0 Å². The zero-order chi connectivity index (χ0) is 13.9. The fourth-order valence-electron chi connectivity index (χ4n) is 2.14. The molecule has 3 N–H and O–H groups in total. The molecule has 5 heteroatoms. The lowest BCUT2D eigenvalue weighted by Crippen LogP contribution is -2.19. The van der Waals surface area contributed by atoms with E-state index in [0.717, 1.165) is 16.7 Å². The first-order valence-corrected chi connectivity index (χ1v) is 6.30. The zero-order valence-electron chi connectivity index (χ0n) is 10.8. The summed E-state index contributed by atoms with van der Waals surface area (Å²) in [5, 5.41) is 3.21. The number of imidazole rings is 1. The van der Waals surface area contributed by atoms with Crippen LogP contribution in [-0.2, 0) is 11.3 Å². The molecule has 0 aliphatic heterocycles. The number of aromatic nitrogens is 2. The monoisotopic (exact) mass is 266 g/mol. The van der Waals surface area contributed by atoms with Gasteiger partial charge in [0.25, 0.3) is 0 Å². The molecule has 5 nitrogen and oxygen atoms in total. The molecule has 1 aromatic heterocycles. The van der Waals surface area contributed by atoms with Crippen LogP contribution in [0.15, 0.2) is 54.6 Å². The summed E-state index contributed by atoms with van der Waals surface area (Å²) in [5.74, 6) is 0.209. The third-order valence-electron chi connectivity index (χ3n) is 3.00. The van der Waals surface area contributed by atoms with Crippen molar-refractivity contribution >= 4 is 28.6 Å². The first-order valence-electron chi connectivity index (χ1n) is 6.30.